The summed E-state index contributed by atoms with van der Waals surface area (Å²) in [5.41, 5.74) is 23.2. The Hall–Kier alpha value is -6.98. The van der Waals surface area contributed by atoms with Gasteiger partial charge < -0.3 is 19.1 Å². The highest BCUT2D eigenvalue weighted by Crippen LogP contribution is 2.51. The van der Waals surface area contributed by atoms with Gasteiger partial charge in [-0.15, -0.1) is 0 Å². The number of nitrogens with zero attached hydrogens (tertiary/aromatic N) is 3. The normalized spacial score (nSPS) is 14.9. The van der Waals surface area contributed by atoms with Crippen LogP contribution in [0.5, 0.6) is 0 Å². The lowest BCUT2D eigenvalue weighted by atomic mass is 9.33. The van der Waals surface area contributed by atoms with Gasteiger partial charge in [0.05, 0.1) is 11.4 Å². The minimum atomic E-state index is -0.0458. The Morgan fingerprint density at radius 3 is 1.39 bits per heavy atom. The summed E-state index contributed by atoms with van der Waals surface area (Å²) in [4.78, 5) is 7.70. The molecule has 0 spiro atoms. The molecule has 0 atom stereocenters. The topological polar surface area (TPSA) is 22.9 Å². The molecule has 9 aromatic rings. The minimum Gasteiger partial charge on any atom is -0.454 e. The number of rotatable bonds is 14. The van der Waals surface area contributed by atoms with E-state index < -0.39 is 0 Å². The van der Waals surface area contributed by atoms with Crippen molar-refractivity contribution in [1.29, 1.82) is 0 Å². The molecule has 0 amide bonds. The van der Waals surface area contributed by atoms with E-state index in [9.17, 15) is 0 Å². The Balaban J connectivity index is 1.20. The van der Waals surface area contributed by atoms with E-state index in [0.717, 1.165) is 70.7 Å². The third-order valence-electron chi connectivity index (χ3n) is 20.1. The highest BCUT2D eigenvalue weighted by Gasteiger charge is 2.45. The maximum atomic E-state index is 7.39. The summed E-state index contributed by atoms with van der Waals surface area (Å²) in [5, 5.41) is 2.35. The Kier molecular flexibility index (Phi) is 13.3. The molecular weight excluding hydrogens is 958 g/mol. The zero-order valence-electron chi connectivity index (χ0n) is 49.4. The highest BCUT2D eigenvalue weighted by atomic mass is 16.3. The van der Waals surface area contributed by atoms with Crippen molar-refractivity contribution in [3.05, 3.63) is 192 Å². The lowest BCUT2D eigenvalue weighted by molar-refractivity contribution is 0.442. The predicted molar refractivity (Wildman–Crippen MR) is 342 cm³/mol. The van der Waals surface area contributed by atoms with Gasteiger partial charge in [-0.2, -0.15) is 0 Å². The van der Waals surface area contributed by atoms with Crippen molar-refractivity contribution in [2.45, 2.75) is 168 Å². The Labute approximate surface area is 473 Å². The van der Waals surface area contributed by atoms with Gasteiger partial charge in [-0.05, 0) is 177 Å². The first kappa shape index (κ1) is 52.7. The van der Waals surface area contributed by atoms with Gasteiger partial charge in [0.25, 0.3) is 6.71 Å². The summed E-state index contributed by atoms with van der Waals surface area (Å²) >= 11 is 0. The van der Waals surface area contributed by atoms with Gasteiger partial charge in [0.1, 0.15) is 5.58 Å². The average molecular weight is 1040 g/mol. The fourth-order valence-corrected chi connectivity index (χ4v) is 13.2. The average Bonchev–Trinajstić information content (AvgIpc) is 3.99. The Morgan fingerprint density at radius 1 is 0.443 bits per heavy atom. The van der Waals surface area contributed by atoms with Crippen LogP contribution in [0.1, 0.15) is 175 Å². The first-order valence-corrected chi connectivity index (χ1v) is 30.1. The molecule has 402 valence electrons. The second kappa shape index (κ2) is 20.0. The molecule has 0 radical (unpaired) electrons. The molecule has 1 fully saturated rings. The number of anilines is 9. The Bertz CT molecular complexity index is 3570. The van der Waals surface area contributed by atoms with Crippen LogP contribution in [0.25, 0.3) is 21.9 Å². The standard InChI is InChI=1S/C74H82BN3O/c1-13-71(5,6)50-33-39-55(40-34-50)77-63-43-37-52(73(9,10)15-3)45-61(63)75-62-46-53(74(11,12)16-4)38-44-64(62)78(56-41-35-51(36-42-56)72(7,8)14-2)67-48-57(47-66(77)68(67)75)76(54-27-21-18-22-28-54)65-32-24-31-60-59-30-23-29-58(69(59)79-70(60)65)49-25-19-17-20-26-49/h18,21-24,27-49H,13-17,19-20,25-26H2,1-12H3. The van der Waals surface area contributed by atoms with Crippen LogP contribution in [-0.2, 0) is 21.7 Å². The highest BCUT2D eigenvalue weighted by molar-refractivity contribution is 7.00. The number of hydrogen-bond acceptors (Lipinski definition) is 4. The molecule has 1 aromatic heterocycles. The smallest absolute Gasteiger partial charge is 0.252 e. The summed E-state index contributed by atoms with van der Waals surface area (Å²) in [6.07, 6.45) is 10.5. The number of hydrogen-bond donors (Lipinski definition) is 0. The predicted octanol–water partition coefficient (Wildman–Crippen LogP) is 19.9. The van der Waals surface area contributed by atoms with Crippen molar-refractivity contribution in [3.63, 3.8) is 0 Å². The molecule has 8 aromatic carbocycles. The van der Waals surface area contributed by atoms with Crippen molar-refractivity contribution in [2.24, 2.45) is 0 Å². The molecule has 4 nitrogen and oxygen atoms in total. The molecule has 5 heteroatoms. The number of furan rings is 1. The molecule has 2 aliphatic heterocycles. The second-order valence-electron chi connectivity index (χ2n) is 26.1. The van der Waals surface area contributed by atoms with Crippen LogP contribution in [0.3, 0.4) is 0 Å². The molecule has 12 rings (SSSR count). The minimum absolute atomic E-state index is 0.0190. The molecular formula is C74H82BN3O. The number of para-hydroxylation sites is 3. The fourth-order valence-electron chi connectivity index (χ4n) is 13.2. The quantitative estimate of drug-likeness (QED) is 0.101. The molecule has 3 heterocycles. The molecule has 3 aliphatic rings. The molecule has 0 N–H and O–H groups in total. The van der Waals surface area contributed by atoms with Crippen LogP contribution in [0.4, 0.5) is 51.2 Å². The molecule has 1 aliphatic carbocycles. The summed E-state index contributed by atoms with van der Waals surface area (Å²) in [6, 6.07) is 63.7. The van der Waals surface area contributed by atoms with Crippen LogP contribution < -0.4 is 31.1 Å². The molecule has 79 heavy (non-hydrogen) atoms. The van der Waals surface area contributed by atoms with Crippen molar-refractivity contribution >= 4 is 96.2 Å². The summed E-state index contributed by atoms with van der Waals surface area (Å²) < 4.78 is 7.39. The van der Waals surface area contributed by atoms with Gasteiger partial charge in [-0.3, -0.25) is 0 Å². The van der Waals surface area contributed by atoms with E-state index >= 15 is 0 Å². The first-order valence-electron chi connectivity index (χ1n) is 30.1. The van der Waals surface area contributed by atoms with Gasteiger partial charge in [0.2, 0.25) is 0 Å². The van der Waals surface area contributed by atoms with E-state index in [1.165, 1.54) is 104 Å². The maximum absolute atomic E-state index is 7.39. The number of benzene rings is 8. The zero-order valence-corrected chi connectivity index (χ0v) is 49.4. The van der Waals surface area contributed by atoms with E-state index in [1.54, 1.807) is 0 Å². The van der Waals surface area contributed by atoms with Crippen molar-refractivity contribution in [3.8, 4) is 0 Å². The second-order valence-corrected chi connectivity index (χ2v) is 26.1. The van der Waals surface area contributed by atoms with Gasteiger partial charge in [-0.25, -0.2) is 0 Å². The fraction of sp³-hybridized carbons (Fsp3) is 0.351. The van der Waals surface area contributed by atoms with E-state index in [4.69, 9.17) is 4.42 Å². The largest absolute Gasteiger partial charge is 0.454 e. The van der Waals surface area contributed by atoms with Gasteiger partial charge in [0, 0.05) is 50.6 Å². The van der Waals surface area contributed by atoms with E-state index in [-0.39, 0.29) is 28.4 Å². The van der Waals surface area contributed by atoms with E-state index in [1.807, 2.05) is 0 Å². The third kappa shape index (κ3) is 8.90. The number of fused-ring (bicyclic) bond motifs is 7. The maximum Gasteiger partial charge on any atom is 0.252 e. The van der Waals surface area contributed by atoms with Crippen molar-refractivity contribution in [1.82, 2.24) is 0 Å². The summed E-state index contributed by atoms with van der Waals surface area (Å²) in [6.45, 7) is 28.3. The molecule has 0 bridgehead atoms. The van der Waals surface area contributed by atoms with Gasteiger partial charge in [-0.1, -0.05) is 199 Å². The Morgan fingerprint density at radius 2 is 0.899 bits per heavy atom. The van der Waals surface area contributed by atoms with E-state index in [0.29, 0.717) is 5.92 Å². The van der Waals surface area contributed by atoms with Crippen LogP contribution in [-0.4, -0.2) is 6.71 Å². The zero-order chi connectivity index (χ0) is 55.2. The van der Waals surface area contributed by atoms with Crippen LogP contribution in [0, 0.1) is 0 Å². The SMILES string of the molecule is CCC(C)(C)c1ccc(N2c3ccc(C(C)(C)CC)cc3B3c4cc(C(C)(C)CC)ccc4N(c4ccc(C(C)(C)CC)cc4)c4cc(N(c5ccccc5)c5cccc6c5oc5c(C7CCCCC7)cccc56)cc2c43)cc1. The first-order chi connectivity index (χ1) is 38.0. The molecule has 1 saturated carbocycles. The third-order valence-corrected chi connectivity index (χ3v) is 20.1. The molecule has 0 unspecified atom stereocenters. The summed E-state index contributed by atoms with van der Waals surface area (Å²) in [5.74, 6) is 0.508. The van der Waals surface area contributed by atoms with Gasteiger partial charge in [0.15, 0.2) is 5.58 Å². The van der Waals surface area contributed by atoms with Crippen LogP contribution in [0.15, 0.2) is 168 Å². The van der Waals surface area contributed by atoms with E-state index in [2.05, 4.69) is 262 Å². The lowest BCUT2D eigenvalue weighted by Crippen LogP contribution is -2.61. The lowest BCUT2D eigenvalue weighted by Gasteiger charge is -2.46. The van der Waals surface area contributed by atoms with Gasteiger partial charge >= 0.3 is 0 Å². The van der Waals surface area contributed by atoms with Crippen LogP contribution >= 0.6 is 0 Å². The monoisotopic (exact) mass is 1040 g/mol. The van der Waals surface area contributed by atoms with Crippen molar-refractivity contribution < 1.29 is 4.42 Å². The summed E-state index contributed by atoms with van der Waals surface area (Å²) in [7, 11) is 0. The molecule has 0 saturated heterocycles. The van der Waals surface area contributed by atoms with Crippen molar-refractivity contribution in [2.75, 3.05) is 14.7 Å². The van der Waals surface area contributed by atoms with Crippen LogP contribution in [0.2, 0.25) is 0 Å².